The van der Waals surface area contributed by atoms with E-state index in [9.17, 15) is 13.2 Å². The zero-order valence-corrected chi connectivity index (χ0v) is 12.7. The second kappa shape index (κ2) is 5.38. The zero-order valence-electron chi connectivity index (χ0n) is 11.9. The van der Waals surface area contributed by atoms with E-state index in [1.807, 2.05) is 13.0 Å². The third-order valence-electron chi connectivity index (χ3n) is 3.24. The number of nitrogens with one attached hydrogen (secondary N) is 1. The molecule has 7 nitrogen and oxygen atoms in total. The number of rotatable bonds is 2. The van der Waals surface area contributed by atoms with Crippen molar-refractivity contribution in [3.05, 3.63) is 47.8 Å². The molecule has 0 fully saturated rings. The second-order valence-corrected chi connectivity index (χ2v) is 6.77. The van der Waals surface area contributed by atoms with E-state index in [-0.39, 0.29) is 18.2 Å². The fourth-order valence-electron chi connectivity index (χ4n) is 2.13. The van der Waals surface area contributed by atoms with Gasteiger partial charge in [0.15, 0.2) is 0 Å². The van der Waals surface area contributed by atoms with E-state index in [1.54, 1.807) is 29.4 Å². The monoisotopic (exact) mass is 318 g/mol. The number of anilines is 1. The molecule has 8 heteroatoms. The number of carbonyl (C=O) groups excluding carboxylic acids is 1. The molecule has 0 atom stereocenters. The van der Waals surface area contributed by atoms with Gasteiger partial charge in [-0.1, -0.05) is 0 Å². The molecular weight excluding hydrogens is 304 g/mol. The number of nitrogens with zero attached hydrogens (tertiary/aromatic N) is 3. The number of aryl methyl sites for hydroxylation is 1. The molecule has 3 heterocycles. The molecule has 0 spiro atoms. The normalized spacial score (nSPS) is 19.0. The first-order valence-electron chi connectivity index (χ1n) is 6.66. The molecule has 0 saturated heterocycles. The Morgan fingerprint density at radius 2 is 2.18 bits per heavy atom. The van der Waals surface area contributed by atoms with Gasteiger partial charge in [0.05, 0.1) is 11.3 Å². The Labute approximate surface area is 128 Å². The summed E-state index contributed by atoms with van der Waals surface area (Å²) in [5.41, 5.74) is 1.41. The summed E-state index contributed by atoms with van der Waals surface area (Å²) in [4.78, 5) is 18.0. The van der Waals surface area contributed by atoms with Crippen LogP contribution in [0.5, 0.6) is 0 Å². The third-order valence-corrected chi connectivity index (χ3v) is 4.41. The van der Waals surface area contributed by atoms with E-state index >= 15 is 0 Å². The van der Waals surface area contributed by atoms with Gasteiger partial charge in [0.25, 0.3) is 15.9 Å². The minimum atomic E-state index is -3.39. The molecule has 114 valence electrons. The van der Waals surface area contributed by atoms with Crippen molar-refractivity contribution in [2.45, 2.75) is 6.92 Å². The summed E-state index contributed by atoms with van der Waals surface area (Å²) in [6.07, 6.45) is 6.28. The van der Waals surface area contributed by atoms with Gasteiger partial charge in [0.1, 0.15) is 11.7 Å². The molecule has 0 bridgehead atoms. The van der Waals surface area contributed by atoms with Crippen molar-refractivity contribution < 1.29 is 13.2 Å². The van der Waals surface area contributed by atoms with Gasteiger partial charge in [-0.25, -0.2) is 13.4 Å². The number of sulfonamides is 1. The van der Waals surface area contributed by atoms with E-state index in [0.717, 1.165) is 5.56 Å². The maximum Gasteiger partial charge on any atom is 0.258 e. The first-order chi connectivity index (χ1) is 10.4. The largest absolute Gasteiger partial charge is 0.330 e. The number of amidine groups is 1. The van der Waals surface area contributed by atoms with Crippen LogP contribution in [0.1, 0.15) is 5.56 Å². The van der Waals surface area contributed by atoms with E-state index in [2.05, 4.69) is 14.7 Å². The molecule has 0 saturated carbocycles. The molecule has 0 unspecified atom stereocenters. The first kappa shape index (κ1) is 14.5. The van der Waals surface area contributed by atoms with Gasteiger partial charge in [0, 0.05) is 18.9 Å². The predicted octanol–water partition coefficient (Wildman–Crippen LogP) is 0.826. The lowest BCUT2D eigenvalue weighted by Crippen LogP contribution is -2.37. The van der Waals surface area contributed by atoms with Crippen molar-refractivity contribution in [2.24, 2.45) is 4.40 Å². The molecular formula is C14H14N4O3S. The van der Waals surface area contributed by atoms with Crippen LogP contribution in [0.15, 0.2) is 46.7 Å². The van der Waals surface area contributed by atoms with Crippen LogP contribution in [0, 0.1) is 6.92 Å². The lowest BCUT2D eigenvalue weighted by molar-refractivity contribution is -0.112. The van der Waals surface area contributed by atoms with E-state index in [1.165, 1.54) is 6.08 Å². The highest BCUT2D eigenvalue weighted by Crippen LogP contribution is 2.17. The Morgan fingerprint density at radius 1 is 1.36 bits per heavy atom. The smallest absolute Gasteiger partial charge is 0.258 e. The number of aromatic nitrogens is 1. The van der Waals surface area contributed by atoms with Gasteiger partial charge in [-0.15, -0.1) is 4.40 Å². The Balaban J connectivity index is 1.78. The van der Waals surface area contributed by atoms with Crippen LogP contribution in [-0.4, -0.2) is 42.3 Å². The van der Waals surface area contributed by atoms with Gasteiger partial charge in [-0.3, -0.25) is 4.79 Å². The highest BCUT2D eigenvalue weighted by molar-refractivity contribution is 7.90. The Hall–Kier alpha value is -2.48. The van der Waals surface area contributed by atoms with Crippen molar-refractivity contribution in [3.8, 4) is 0 Å². The second-order valence-electron chi connectivity index (χ2n) is 5.02. The van der Waals surface area contributed by atoms with Crippen molar-refractivity contribution >= 4 is 27.6 Å². The minimum absolute atomic E-state index is 0.0603. The summed E-state index contributed by atoms with van der Waals surface area (Å²) in [6.45, 7) is 2.19. The molecule has 3 rings (SSSR count). The summed E-state index contributed by atoms with van der Waals surface area (Å²) in [7, 11) is -3.39. The molecule has 0 aliphatic carbocycles. The van der Waals surface area contributed by atoms with Gasteiger partial charge < -0.3 is 10.2 Å². The van der Waals surface area contributed by atoms with E-state index in [0.29, 0.717) is 17.2 Å². The molecule has 1 amide bonds. The van der Waals surface area contributed by atoms with Gasteiger partial charge in [-0.05, 0) is 36.8 Å². The van der Waals surface area contributed by atoms with Crippen molar-refractivity contribution in [1.29, 1.82) is 0 Å². The molecule has 2 aliphatic rings. The maximum absolute atomic E-state index is 12.2. The summed E-state index contributed by atoms with van der Waals surface area (Å²) < 4.78 is 26.5. The highest BCUT2D eigenvalue weighted by atomic mass is 32.2. The number of hydrogen-bond acceptors (Lipinski definition) is 5. The topological polar surface area (TPSA) is 91.7 Å². The molecule has 0 aromatic carbocycles. The van der Waals surface area contributed by atoms with Crippen molar-refractivity contribution in [1.82, 2.24) is 9.88 Å². The lowest BCUT2D eigenvalue weighted by Gasteiger charge is -2.26. The van der Waals surface area contributed by atoms with Gasteiger partial charge >= 0.3 is 0 Å². The van der Waals surface area contributed by atoms with Crippen LogP contribution in [0.2, 0.25) is 0 Å². The van der Waals surface area contributed by atoms with Crippen LogP contribution in [-0.2, 0) is 14.8 Å². The summed E-state index contributed by atoms with van der Waals surface area (Å²) in [5, 5.41) is 2.71. The molecule has 1 aromatic heterocycles. The summed E-state index contributed by atoms with van der Waals surface area (Å²) >= 11 is 0. The fourth-order valence-corrected chi connectivity index (χ4v) is 3.10. The van der Waals surface area contributed by atoms with Crippen molar-refractivity contribution in [3.63, 3.8) is 0 Å². The number of carbonyl (C=O) groups is 1. The predicted molar refractivity (Wildman–Crippen MR) is 82.8 cm³/mol. The average molecular weight is 318 g/mol. The van der Waals surface area contributed by atoms with E-state index in [4.69, 9.17) is 0 Å². The maximum atomic E-state index is 12.2. The Morgan fingerprint density at radius 3 is 2.95 bits per heavy atom. The third kappa shape index (κ3) is 3.06. The van der Waals surface area contributed by atoms with Crippen molar-refractivity contribution in [2.75, 3.05) is 17.6 Å². The van der Waals surface area contributed by atoms with Crippen LogP contribution in [0.25, 0.3) is 0 Å². The Kier molecular flexibility index (Phi) is 3.53. The SMILES string of the molecule is Cc1ccnc(NC(=O)C2=CN3CCS(=O)(=O)N=C3C=C2)c1. The van der Waals surface area contributed by atoms with E-state index < -0.39 is 10.0 Å². The number of amides is 1. The summed E-state index contributed by atoms with van der Waals surface area (Å²) in [5.74, 6) is 0.438. The lowest BCUT2D eigenvalue weighted by atomic mass is 10.1. The number of pyridine rings is 1. The molecule has 1 N–H and O–H groups in total. The molecule has 22 heavy (non-hydrogen) atoms. The fraction of sp³-hybridized carbons (Fsp3) is 0.214. The molecule has 1 aromatic rings. The van der Waals surface area contributed by atoms with Gasteiger partial charge in [0.2, 0.25) is 0 Å². The Bertz CT molecular complexity index is 824. The molecule has 0 radical (unpaired) electrons. The number of hydrogen-bond donors (Lipinski definition) is 1. The van der Waals surface area contributed by atoms with Crippen LogP contribution < -0.4 is 5.32 Å². The van der Waals surface area contributed by atoms with Crippen LogP contribution in [0.4, 0.5) is 5.82 Å². The summed E-state index contributed by atoms with van der Waals surface area (Å²) in [6, 6.07) is 3.61. The average Bonchev–Trinajstić information content (AvgIpc) is 2.46. The first-order valence-corrected chi connectivity index (χ1v) is 8.27. The zero-order chi connectivity index (χ0) is 15.7. The van der Waals surface area contributed by atoms with Crippen LogP contribution >= 0.6 is 0 Å². The highest BCUT2D eigenvalue weighted by Gasteiger charge is 2.25. The quantitative estimate of drug-likeness (QED) is 0.872. The van der Waals surface area contributed by atoms with Crippen LogP contribution in [0.3, 0.4) is 0 Å². The standard InChI is InChI=1S/C14H14N4O3S/c1-10-4-5-15-12(8-10)16-14(19)11-2-3-13-17-22(20,21)7-6-18(13)9-11/h2-5,8-9H,6-7H2,1H3,(H,15,16,19). The minimum Gasteiger partial charge on any atom is -0.330 e. The molecule has 2 aliphatic heterocycles. The van der Waals surface area contributed by atoms with Gasteiger partial charge in [-0.2, -0.15) is 0 Å². The number of fused-ring (bicyclic) bond motifs is 1.